The fourth-order valence-electron chi connectivity index (χ4n) is 3.72. The minimum atomic E-state index is -4.77. The molecule has 170 valence electrons. The number of carbonyl (C=O) groups is 1. The Morgan fingerprint density at radius 3 is 2.50 bits per heavy atom. The summed E-state index contributed by atoms with van der Waals surface area (Å²) in [6, 6.07) is 11.7. The van der Waals surface area contributed by atoms with Crippen molar-refractivity contribution in [1.82, 2.24) is 24.5 Å². The molecule has 7 nitrogen and oxygen atoms in total. The van der Waals surface area contributed by atoms with Gasteiger partial charge in [0.1, 0.15) is 11.4 Å². The highest BCUT2D eigenvalue weighted by Gasteiger charge is 2.32. The van der Waals surface area contributed by atoms with Crippen LogP contribution in [0.5, 0.6) is 5.75 Å². The van der Waals surface area contributed by atoms with Crippen LogP contribution >= 0.6 is 0 Å². The third-order valence-electron chi connectivity index (χ3n) is 5.31. The number of aromatic nitrogens is 2. The van der Waals surface area contributed by atoms with Crippen LogP contribution in [-0.4, -0.2) is 64.2 Å². The average molecular weight is 447 g/mol. The number of nitrogens with zero attached hydrogens (tertiary/aromatic N) is 4. The van der Waals surface area contributed by atoms with Crippen LogP contribution in [0.25, 0.3) is 5.65 Å². The molecule has 1 aliphatic heterocycles. The van der Waals surface area contributed by atoms with Crippen molar-refractivity contribution in [1.29, 1.82) is 0 Å². The highest BCUT2D eigenvalue weighted by molar-refractivity contribution is 5.78. The highest BCUT2D eigenvalue weighted by Crippen LogP contribution is 2.26. The van der Waals surface area contributed by atoms with Crippen LogP contribution in [-0.2, 0) is 17.9 Å². The number of carbonyl (C=O) groups excluding carboxylic acids is 1. The zero-order chi connectivity index (χ0) is 22.6. The molecule has 0 saturated carbocycles. The number of piperazine rings is 1. The lowest BCUT2D eigenvalue weighted by molar-refractivity contribution is -0.274. The van der Waals surface area contributed by atoms with Crippen molar-refractivity contribution in [3.63, 3.8) is 0 Å². The van der Waals surface area contributed by atoms with Gasteiger partial charge in [0.15, 0.2) is 0 Å². The molecule has 1 saturated heterocycles. The lowest BCUT2D eigenvalue weighted by atomic mass is 10.2. The maximum Gasteiger partial charge on any atom is 0.573 e. The van der Waals surface area contributed by atoms with E-state index < -0.39 is 6.36 Å². The van der Waals surface area contributed by atoms with E-state index in [1.54, 1.807) is 6.07 Å². The first-order valence-corrected chi connectivity index (χ1v) is 10.3. The van der Waals surface area contributed by atoms with E-state index in [1.165, 1.54) is 18.2 Å². The molecule has 32 heavy (non-hydrogen) atoms. The number of pyridine rings is 1. The van der Waals surface area contributed by atoms with Crippen LogP contribution in [0.15, 0.2) is 54.9 Å². The second-order valence-electron chi connectivity index (χ2n) is 7.68. The van der Waals surface area contributed by atoms with Gasteiger partial charge in [0.05, 0.1) is 12.2 Å². The number of hydrogen-bond donors (Lipinski definition) is 1. The van der Waals surface area contributed by atoms with Crippen molar-refractivity contribution in [2.45, 2.75) is 19.5 Å². The van der Waals surface area contributed by atoms with Gasteiger partial charge < -0.3 is 14.5 Å². The predicted octanol–water partition coefficient (Wildman–Crippen LogP) is 2.67. The summed E-state index contributed by atoms with van der Waals surface area (Å²) in [5, 5.41) is 2.68. The molecule has 1 aromatic carbocycles. The van der Waals surface area contributed by atoms with Crippen LogP contribution in [0.2, 0.25) is 0 Å². The maximum absolute atomic E-state index is 12.5. The topological polar surface area (TPSA) is 62.1 Å². The number of fused-ring (bicyclic) bond motifs is 1. The lowest BCUT2D eigenvalue weighted by Crippen LogP contribution is -2.49. The van der Waals surface area contributed by atoms with Gasteiger partial charge in [-0.25, -0.2) is 4.98 Å². The molecule has 0 atom stereocenters. The molecule has 1 N–H and O–H groups in total. The Balaban J connectivity index is 1.22. The van der Waals surface area contributed by atoms with E-state index in [-0.39, 0.29) is 30.3 Å². The summed E-state index contributed by atoms with van der Waals surface area (Å²) in [6.07, 6.45) is -0.783. The number of amides is 1. The monoisotopic (exact) mass is 447 g/mol. The van der Waals surface area contributed by atoms with Gasteiger partial charge in [-0.2, -0.15) is 0 Å². The molecule has 1 amide bonds. The molecule has 2 aromatic heterocycles. The number of alkyl halides is 3. The van der Waals surface area contributed by atoms with Crippen LogP contribution in [0.4, 0.5) is 13.2 Å². The smallest absolute Gasteiger partial charge is 0.405 e. The quantitative estimate of drug-likeness (QED) is 0.604. The van der Waals surface area contributed by atoms with Gasteiger partial charge in [-0.3, -0.25) is 14.6 Å². The zero-order valence-electron chi connectivity index (χ0n) is 17.4. The number of nitrogens with one attached hydrogen (secondary N) is 1. The predicted molar refractivity (Wildman–Crippen MR) is 112 cm³/mol. The van der Waals surface area contributed by atoms with Gasteiger partial charge in [0.2, 0.25) is 5.91 Å². The Labute approximate surface area is 183 Å². The molecule has 0 radical (unpaired) electrons. The van der Waals surface area contributed by atoms with Crippen molar-refractivity contribution in [2.24, 2.45) is 0 Å². The second-order valence-corrected chi connectivity index (χ2v) is 7.68. The molecule has 0 aliphatic carbocycles. The summed E-state index contributed by atoms with van der Waals surface area (Å²) in [6.45, 7) is 4.00. The third kappa shape index (κ3) is 5.98. The van der Waals surface area contributed by atoms with Crippen molar-refractivity contribution < 1.29 is 22.7 Å². The molecule has 3 aromatic rings. The van der Waals surface area contributed by atoms with Crippen LogP contribution < -0.4 is 10.1 Å². The summed E-state index contributed by atoms with van der Waals surface area (Å²) in [5.74, 6) is -0.540. The van der Waals surface area contributed by atoms with E-state index in [2.05, 4.69) is 19.9 Å². The van der Waals surface area contributed by atoms with Gasteiger partial charge in [0.25, 0.3) is 0 Å². The van der Waals surface area contributed by atoms with E-state index in [4.69, 9.17) is 0 Å². The van der Waals surface area contributed by atoms with Gasteiger partial charge in [-0.15, -0.1) is 13.2 Å². The van der Waals surface area contributed by atoms with Gasteiger partial charge in [-0.1, -0.05) is 24.3 Å². The number of halogens is 3. The van der Waals surface area contributed by atoms with Crippen LogP contribution in [0, 0.1) is 0 Å². The van der Waals surface area contributed by atoms with Crippen molar-refractivity contribution in [3.05, 3.63) is 66.1 Å². The Hall–Kier alpha value is -3.11. The number of ether oxygens (including phenoxy) is 1. The van der Waals surface area contributed by atoms with E-state index in [9.17, 15) is 18.0 Å². The first-order chi connectivity index (χ1) is 15.4. The molecule has 0 spiro atoms. The number of hydrogen-bond acceptors (Lipinski definition) is 5. The number of rotatable bonds is 7. The Morgan fingerprint density at radius 1 is 1.03 bits per heavy atom. The van der Waals surface area contributed by atoms with E-state index in [0.717, 1.165) is 44.1 Å². The van der Waals surface area contributed by atoms with Crippen molar-refractivity contribution in [3.8, 4) is 5.75 Å². The summed E-state index contributed by atoms with van der Waals surface area (Å²) >= 11 is 0. The molecule has 1 fully saturated rings. The highest BCUT2D eigenvalue weighted by atomic mass is 19.4. The minimum absolute atomic E-state index is 0.0288. The standard InChI is InChI=1S/C22H24F3N5O2/c23-22(24,25)32-19-6-2-1-5-17(19)13-26-21(31)16-29-11-9-28(10-12-29)14-18-15-30-8-4-3-7-20(30)27-18/h1-8,15H,9-14,16H2,(H,26,31). The van der Waals surface area contributed by atoms with Crippen molar-refractivity contribution in [2.75, 3.05) is 32.7 Å². The fourth-order valence-corrected chi connectivity index (χ4v) is 3.72. The van der Waals surface area contributed by atoms with Crippen LogP contribution in [0.1, 0.15) is 11.3 Å². The molecule has 0 unspecified atom stereocenters. The first kappa shape index (κ1) is 22.1. The molecule has 0 bridgehead atoms. The minimum Gasteiger partial charge on any atom is -0.405 e. The molecular formula is C22H24F3N5O2. The summed E-state index contributed by atoms with van der Waals surface area (Å²) in [7, 11) is 0. The third-order valence-corrected chi connectivity index (χ3v) is 5.31. The zero-order valence-corrected chi connectivity index (χ0v) is 17.4. The molecular weight excluding hydrogens is 423 g/mol. The molecule has 3 heterocycles. The molecule has 4 rings (SSSR count). The van der Waals surface area contributed by atoms with E-state index >= 15 is 0 Å². The van der Waals surface area contributed by atoms with Crippen molar-refractivity contribution >= 4 is 11.6 Å². The number of benzene rings is 1. The second kappa shape index (κ2) is 9.58. The number of imidazole rings is 1. The SMILES string of the molecule is O=C(CN1CCN(Cc2cn3ccccc3n2)CC1)NCc1ccccc1OC(F)(F)F. The Kier molecular flexibility index (Phi) is 6.61. The Morgan fingerprint density at radius 2 is 1.75 bits per heavy atom. The molecule has 10 heteroatoms. The summed E-state index contributed by atoms with van der Waals surface area (Å²) in [5.41, 5.74) is 2.19. The van der Waals surface area contributed by atoms with Gasteiger partial charge >= 0.3 is 6.36 Å². The normalized spacial score (nSPS) is 15.7. The Bertz CT molecular complexity index is 1030. The van der Waals surface area contributed by atoms with Crippen LogP contribution in [0.3, 0.4) is 0 Å². The largest absolute Gasteiger partial charge is 0.573 e. The maximum atomic E-state index is 12.5. The van der Waals surface area contributed by atoms with E-state index in [1.807, 2.05) is 39.9 Å². The first-order valence-electron chi connectivity index (χ1n) is 10.3. The summed E-state index contributed by atoms with van der Waals surface area (Å²) in [4.78, 5) is 21.3. The average Bonchev–Trinajstić information content (AvgIpc) is 3.16. The van der Waals surface area contributed by atoms with E-state index in [0.29, 0.717) is 0 Å². The number of para-hydroxylation sites is 1. The summed E-state index contributed by atoms with van der Waals surface area (Å²) < 4.78 is 43.6. The van der Waals surface area contributed by atoms with Gasteiger partial charge in [-0.05, 0) is 18.2 Å². The molecule has 1 aliphatic rings. The van der Waals surface area contributed by atoms with Gasteiger partial charge in [0, 0.05) is 57.2 Å². The fraction of sp³-hybridized carbons (Fsp3) is 0.364. The lowest BCUT2D eigenvalue weighted by Gasteiger charge is -2.33.